The number of aromatic hydroxyl groups is 1. The summed E-state index contributed by atoms with van der Waals surface area (Å²) in [7, 11) is 1.36. The number of ketones is 1. The van der Waals surface area contributed by atoms with Gasteiger partial charge in [-0.05, 0) is 66.2 Å². The number of aliphatic hydroxyl groups is 1. The zero-order chi connectivity index (χ0) is 24.6. The van der Waals surface area contributed by atoms with Gasteiger partial charge in [-0.2, -0.15) is 0 Å². The Hall–Kier alpha value is -2.61. The Labute approximate surface area is 188 Å². The lowest BCUT2D eigenvalue weighted by atomic mass is 9.61. The van der Waals surface area contributed by atoms with Gasteiger partial charge in [-0.3, -0.25) is 14.4 Å². The molecular weight excluding hydrogens is 416 g/mol. The Kier molecular flexibility index (Phi) is 7.00. The minimum absolute atomic E-state index is 0.103. The highest BCUT2D eigenvalue weighted by atomic mass is 16.6. The topological polar surface area (TPSA) is 119 Å². The predicted octanol–water partition coefficient (Wildman–Crippen LogP) is 3.12. The molecule has 1 aliphatic rings. The molecule has 0 aliphatic heterocycles. The minimum Gasteiger partial charge on any atom is -0.504 e. The SMILES string of the molecule is COc1cc([C@@H]2[C@@H](C(=O)OC(C)(C)C)C(=O)C[C@@](C)(O)[C@@H]2C(=O)OC(C)(C)C)ccc1O. The Balaban J connectivity index is 2.70. The van der Waals surface area contributed by atoms with Gasteiger partial charge in [0.15, 0.2) is 17.3 Å². The summed E-state index contributed by atoms with van der Waals surface area (Å²) in [4.78, 5) is 39.5. The van der Waals surface area contributed by atoms with Gasteiger partial charge in [0.05, 0.1) is 18.6 Å². The highest BCUT2D eigenvalue weighted by molar-refractivity contribution is 6.03. The Bertz CT molecular complexity index is 888. The van der Waals surface area contributed by atoms with Crippen LogP contribution in [0, 0.1) is 11.8 Å². The molecule has 32 heavy (non-hydrogen) atoms. The van der Waals surface area contributed by atoms with E-state index in [-0.39, 0.29) is 11.5 Å². The quantitative estimate of drug-likeness (QED) is 0.530. The van der Waals surface area contributed by atoms with Gasteiger partial charge in [0.25, 0.3) is 0 Å². The molecule has 0 heterocycles. The first-order chi connectivity index (χ1) is 14.5. The molecule has 1 aromatic carbocycles. The molecule has 4 atom stereocenters. The van der Waals surface area contributed by atoms with E-state index >= 15 is 0 Å². The lowest BCUT2D eigenvalue weighted by molar-refractivity contribution is -0.182. The van der Waals surface area contributed by atoms with Crippen molar-refractivity contribution >= 4 is 17.7 Å². The minimum atomic E-state index is -1.77. The van der Waals surface area contributed by atoms with Crippen LogP contribution in [0.15, 0.2) is 18.2 Å². The van der Waals surface area contributed by atoms with Gasteiger partial charge >= 0.3 is 11.9 Å². The summed E-state index contributed by atoms with van der Waals surface area (Å²) >= 11 is 0. The number of carbonyl (C=O) groups excluding carboxylic acids is 3. The summed E-state index contributed by atoms with van der Waals surface area (Å²) in [6.45, 7) is 11.5. The van der Waals surface area contributed by atoms with E-state index in [0.717, 1.165) is 0 Å². The molecule has 0 saturated heterocycles. The number of rotatable bonds is 4. The van der Waals surface area contributed by atoms with Crippen molar-refractivity contribution < 1.29 is 38.8 Å². The number of benzene rings is 1. The number of hydrogen-bond donors (Lipinski definition) is 2. The van der Waals surface area contributed by atoms with Crippen LogP contribution >= 0.6 is 0 Å². The first kappa shape index (κ1) is 25.6. The highest BCUT2D eigenvalue weighted by Gasteiger charge is 2.58. The summed E-state index contributed by atoms with van der Waals surface area (Å²) < 4.78 is 16.2. The standard InChI is InChI=1S/C24H34O8/c1-22(2,3)31-20(27)18-15(26)12-24(7,29)19(21(28)32-23(4,5)6)17(18)13-9-10-14(25)16(11-13)30-8/h9-11,17-19,25,29H,12H2,1-8H3/t17-,18+,19+,24-/m1/s1. The van der Waals surface area contributed by atoms with Crippen molar-refractivity contribution in [2.45, 2.75) is 77.6 Å². The molecule has 0 spiro atoms. The van der Waals surface area contributed by atoms with Crippen LogP contribution in [0.3, 0.4) is 0 Å². The second-order valence-electron chi connectivity index (χ2n) is 10.5. The monoisotopic (exact) mass is 450 g/mol. The van der Waals surface area contributed by atoms with Gasteiger partial charge in [0, 0.05) is 12.3 Å². The molecular formula is C24H34O8. The zero-order valence-corrected chi connectivity index (χ0v) is 20.0. The third-order valence-electron chi connectivity index (χ3n) is 5.18. The average Bonchev–Trinajstić information content (AvgIpc) is 2.57. The van der Waals surface area contributed by atoms with E-state index in [9.17, 15) is 24.6 Å². The molecule has 0 amide bonds. The van der Waals surface area contributed by atoms with Crippen molar-refractivity contribution in [2.24, 2.45) is 11.8 Å². The van der Waals surface area contributed by atoms with Gasteiger partial charge in [0.1, 0.15) is 17.1 Å². The van der Waals surface area contributed by atoms with E-state index in [2.05, 4.69) is 0 Å². The third kappa shape index (κ3) is 5.79. The lowest BCUT2D eigenvalue weighted by Crippen LogP contribution is -2.56. The van der Waals surface area contributed by atoms with Crippen LogP contribution in [0.4, 0.5) is 0 Å². The number of hydrogen-bond acceptors (Lipinski definition) is 8. The molecule has 1 aliphatic carbocycles. The molecule has 2 rings (SSSR count). The highest BCUT2D eigenvalue weighted by Crippen LogP contribution is 2.48. The maximum absolute atomic E-state index is 13.3. The molecule has 1 aromatic rings. The van der Waals surface area contributed by atoms with Crippen LogP contribution in [0.25, 0.3) is 0 Å². The summed E-state index contributed by atoms with van der Waals surface area (Å²) in [6.07, 6.45) is -0.410. The summed E-state index contributed by atoms with van der Waals surface area (Å²) in [5.41, 5.74) is -3.13. The number of ether oxygens (including phenoxy) is 3. The smallest absolute Gasteiger partial charge is 0.317 e. The molecule has 0 aromatic heterocycles. The molecule has 8 nitrogen and oxygen atoms in total. The van der Waals surface area contributed by atoms with Crippen LogP contribution in [-0.4, -0.2) is 51.8 Å². The molecule has 0 unspecified atom stereocenters. The predicted molar refractivity (Wildman–Crippen MR) is 116 cm³/mol. The van der Waals surface area contributed by atoms with Crippen LogP contribution in [0.2, 0.25) is 0 Å². The van der Waals surface area contributed by atoms with Gasteiger partial charge in [-0.15, -0.1) is 0 Å². The van der Waals surface area contributed by atoms with Crippen molar-refractivity contribution in [2.75, 3.05) is 7.11 Å². The van der Waals surface area contributed by atoms with Crippen molar-refractivity contribution in [3.63, 3.8) is 0 Å². The first-order valence-corrected chi connectivity index (χ1v) is 10.5. The van der Waals surface area contributed by atoms with Gasteiger partial charge in [-0.1, -0.05) is 6.07 Å². The fourth-order valence-corrected chi connectivity index (χ4v) is 4.05. The molecule has 0 bridgehead atoms. The molecule has 1 saturated carbocycles. The van der Waals surface area contributed by atoms with E-state index < -0.39 is 58.7 Å². The number of Topliss-reactive ketones (excluding diaryl/α,β-unsaturated/α-hetero) is 1. The number of esters is 2. The number of methoxy groups -OCH3 is 1. The van der Waals surface area contributed by atoms with Gasteiger partial charge < -0.3 is 24.4 Å². The van der Waals surface area contributed by atoms with Crippen LogP contribution in [-0.2, 0) is 23.9 Å². The average molecular weight is 451 g/mol. The second kappa shape index (κ2) is 8.73. The maximum atomic E-state index is 13.3. The van der Waals surface area contributed by atoms with E-state index in [1.807, 2.05) is 0 Å². The van der Waals surface area contributed by atoms with Crippen molar-refractivity contribution in [3.05, 3.63) is 23.8 Å². The van der Waals surface area contributed by atoms with Crippen LogP contribution in [0.1, 0.15) is 66.4 Å². The molecule has 178 valence electrons. The summed E-state index contributed by atoms with van der Waals surface area (Å²) in [5.74, 6) is -5.79. The third-order valence-corrected chi connectivity index (χ3v) is 5.18. The van der Waals surface area contributed by atoms with Crippen molar-refractivity contribution in [1.82, 2.24) is 0 Å². The first-order valence-electron chi connectivity index (χ1n) is 10.5. The fraction of sp³-hybridized carbons (Fsp3) is 0.625. The largest absolute Gasteiger partial charge is 0.504 e. The fourth-order valence-electron chi connectivity index (χ4n) is 4.05. The van der Waals surface area contributed by atoms with Gasteiger partial charge in [0.2, 0.25) is 0 Å². The Morgan fingerprint density at radius 2 is 1.56 bits per heavy atom. The van der Waals surface area contributed by atoms with E-state index in [1.54, 1.807) is 41.5 Å². The number of phenols is 1. The Morgan fingerprint density at radius 1 is 1.03 bits per heavy atom. The normalized spacial score (nSPS) is 26.4. The summed E-state index contributed by atoms with van der Waals surface area (Å²) in [5, 5.41) is 21.2. The molecule has 0 radical (unpaired) electrons. The van der Waals surface area contributed by atoms with Crippen LogP contribution in [0.5, 0.6) is 11.5 Å². The van der Waals surface area contributed by atoms with Crippen LogP contribution < -0.4 is 4.74 Å². The Morgan fingerprint density at radius 3 is 2.06 bits per heavy atom. The molecule has 2 N–H and O–H groups in total. The lowest BCUT2D eigenvalue weighted by Gasteiger charge is -2.44. The summed E-state index contributed by atoms with van der Waals surface area (Å²) in [6, 6.07) is 4.29. The number of phenolic OH excluding ortho intramolecular Hbond substituents is 1. The number of carbonyl (C=O) groups is 3. The molecule has 1 fully saturated rings. The van der Waals surface area contributed by atoms with Crippen molar-refractivity contribution in [1.29, 1.82) is 0 Å². The van der Waals surface area contributed by atoms with Gasteiger partial charge in [-0.25, -0.2) is 0 Å². The molecule has 8 heteroatoms. The van der Waals surface area contributed by atoms with E-state index in [1.165, 1.54) is 32.2 Å². The maximum Gasteiger partial charge on any atom is 0.317 e. The van der Waals surface area contributed by atoms with Crippen molar-refractivity contribution in [3.8, 4) is 11.5 Å². The zero-order valence-electron chi connectivity index (χ0n) is 20.0. The van der Waals surface area contributed by atoms with E-state index in [4.69, 9.17) is 14.2 Å². The second-order valence-corrected chi connectivity index (χ2v) is 10.5. The van der Waals surface area contributed by atoms with E-state index in [0.29, 0.717) is 5.56 Å².